The summed E-state index contributed by atoms with van der Waals surface area (Å²) in [6.07, 6.45) is 0. The fraction of sp³-hybridized carbons (Fsp3) is 0.292. The predicted octanol–water partition coefficient (Wildman–Crippen LogP) is 3.57. The van der Waals surface area contributed by atoms with Crippen LogP contribution in [0.5, 0.6) is 11.5 Å². The van der Waals surface area contributed by atoms with E-state index in [2.05, 4.69) is 14.9 Å². The summed E-state index contributed by atoms with van der Waals surface area (Å²) in [4.78, 5) is 26.1. The van der Waals surface area contributed by atoms with Crippen molar-refractivity contribution in [3.05, 3.63) is 65.6 Å². The van der Waals surface area contributed by atoms with Gasteiger partial charge in [-0.15, -0.1) is 0 Å². The first-order valence-corrected chi connectivity index (χ1v) is 10.4. The molecule has 2 heterocycles. The largest absolute Gasteiger partial charge is 0.497 e. The normalized spacial score (nSPS) is 13.8. The maximum Gasteiger partial charge on any atom is 0.254 e. The van der Waals surface area contributed by atoms with Crippen LogP contribution in [0.3, 0.4) is 0 Å². The first-order valence-electron chi connectivity index (χ1n) is 10.4. The van der Waals surface area contributed by atoms with E-state index in [0.29, 0.717) is 54.6 Å². The third-order valence-electron chi connectivity index (χ3n) is 5.41. The molecule has 0 atom stereocenters. The summed E-state index contributed by atoms with van der Waals surface area (Å²) in [6.45, 7) is 4.26. The molecule has 3 aromatic rings. The zero-order valence-electron chi connectivity index (χ0n) is 18.3. The summed E-state index contributed by atoms with van der Waals surface area (Å²) in [5.74, 6) is 2.02. The summed E-state index contributed by atoms with van der Waals surface area (Å²) in [7, 11) is 3.12. The number of hydrogen-bond donors (Lipinski definition) is 0. The third-order valence-corrected chi connectivity index (χ3v) is 5.41. The van der Waals surface area contributed by atoms with Gasteiger partial charge >= 0.3 is 0 Å². The number of amides is 1. The Morgan fingerprint density at radius 2 is 1.62 bits per heavy atom. The van der Waals surface area contributed by atoms with Crippen LogP contribution >= 0.6 is 0 Å². The average Bonchev–Trinajstić information content (AvgIpc) is 2.83. The molecular weight excluding hydrogens is 411 g/mol. The van der Waals surface area contributed by atoms with Gasteiger partial charge in [-0.2, -0.15) is 0 Å². The second-order valence-corrected chi connectivity index (χ2v) is 7.58. The van der Waals surface area contributed by atoms with Crippen molar-refractivity contribution in [3.63, 3.8) is 0 Å². The van der Waals surface area contributed by atoms with Crippen molar-refractivity contribution < 1.29 is 18.7 Å². The Hall–Kier alpha value is -3.68. The summed E-state index contributed by atoms with van der Waals surface area (Å²) in [5.41, 5.74) is 1.97. The topological polar surface area (TPSA) is 67.8 Å². The van der Waals surface area contributed by atoms with Crippen molar-refractivity contribution in [3.8, 4) is 22.9 Å². The molecule has 166 valence electrons. The van der Waals surface area contributed by atoms with Crippen molar-refractivity contribution in [1.29, 1.82) is 0 Å². The summed E-state index contributed by atoms with van der Waals surface area (Å²) >= 11 is 0. The molecule has 0 unspecified atom stereocenters. The molecule has 8 heteroatoms. The smallest absolute Gasteiger partial charge is 0.254 e. The lowest BCUT2D eigenvalue weighted by molar-refractivity contribution is 0.0745. The molecule has 0 bridgehead atoms. The van der Waals surface area contributed by atoms with Crippen LogP contribution in [0.2, 0.25) is 0 Å². The monoisotopic (exact) mass is 436 g/mol. The number of anilines is 1. The Bertz CT molecular complexity index is 1110. The number of hydrogen-bond acceptors (Lipinski definition) is 6. The van der Waals surface area contributed by atoms with Crippen LogP contribution in [0.1, 0.15) is 16.1 Å². The quantitative estimate of drug-likeness (QED) is 0.609. The second-order valence-electron chi connectivity index (χ2n) is 7.58. The minimum Gasteiger partial charge on any atom is -0.497 e. The third kappa shape index (κ3) is 4.64. The maximum atomic E-state index is 13.6. The Morgan fingerprint density at radius 3 is 2.25 bits per heavy atom. The van der Waals surface area contributed by atoms with Crippen molar-refractivity contribution >= 4 is 11.7 Å². The number of halogens is 1. The number of aromatic nitrogens is 2. The minimum atomic E-state index is -0.324. The van der Waals surface area contributed by atoms with Gasteiger partial charge in [-0.05, 0) is 31.2 Å². The van der Waals surface area contributed by atoms with Gasteiger partial charge in [-0.3, -0.25) is 4.79 Å². The van der Waals surface area contributed by atoms with E-state index in [4.69, 9.17) is 9.47 Å². The van der Waals surface area contributed by atoms with Gasteiger partial charge in [-0.1, -0.05) is 12.1 Å². The average molecular weight is 436 g/mol. The van der Waals surface area contributed by atoms with E-state index in [1.54, 1.807) is 44.6 Å². The molecule has 0 aliphatic carbocycles. The Labute approximate surface area is 186 Å². The van der Waals surface area contributed by atoms with Gasteiger partial charge in [0, 0.05) is 55.1 Å². The van der Waals surface area contributed by atoms with Crippen molar-refractivity contribution in [2.45, 2.75) is 6.92 Å². The molecule has 1 fully saturated rings. The fourth-order valence-corrected chi connectivity index (χ4v) is 3.72. The van der Waals surface area contributed by atoms with E-state index >= 15 is 0 Å². The first kappa shape index (κ1) is 21.5. The lowest BCUT2D eigenvalue weighted by atomic mass is 10.1. The molecule has 1 aliphatic rings. The molecule has 1 saturated heterocycles. The highest BCUT2D eigenvalue weighted by atomic mass is 19.1. The number of ether oxygens (including phenoxy) is 2. The van der Waals surface area contributed by atoms with E-state index < -0.39 is 0 Å². The molecule has 0 N–H and O–H groups in total. The predicted molar refractivity (Wildman–Crippen MR) is 120 cm³/mol. The zero-order chi connectivity index (χ0) is 22.7. The van der Waals surface area contributed by atoms with E-state index in [0.717, 1.165) is 11.5 Å². The van der Waals surface area contributed by atoms with Crippen LogP contribution in [0.4, 0.5) is 10.2 Å². The SMILES string of the molecule is COc1cc(OC)cc(C(=O)N2CCN(c3cc(C)nc(-c4cccc(F)c4)n3)CC2)c1. The van der Waals surface area contributed by atoms with Gasteiger partial charge in [0.25, 0.3) is 5.91 Å². The maximum absolute atomic E-state index is 13.6. The Morgan fingerprint density at radius 1 is 0.938 bits per heavy atom. The highest BCUT2D eigenvalue weighted by Crippen LogP contribution is 2.25. The highest BCUT2D eigenvalue weighted by Gasteiger charge is 2.24. The van der Waals surface area contributed by atoms with Crippen molar-refractivity contribution in [2.75, 3.05) is 45.3 Å². The van der Waals surface area contributed by atoms with Gasteiger partial charge in [0.1, 0.15) is 23.1 Å². The van der Waals surface area contributed by atoms with Crippen LogP contribution in [0.25, 0.3) is 11.4 Å². The lowest BCUT2D eigenvalue weighted by Crippen LogP contribution is -2.49. The van der Waals surface area contributed by atoms with Gasteiger partial charge in [-0.25, -0.2) is 14.4 Å². The minimum absolute atomic E-state index is 0.0684. The van der Waals surface area contributed by atoms with E-state index in [-0.39, 0.29) is 11.7 Å². The number of aryl methyl sites for hydroxylation is 1. The summed E-state index contributed by atoms with van der Waals surface area (Å²) < 4.78 is 24.2. The number of carbonyl (C=O) groups excluding carboxylic acids is 1. The van der Waals surface area contributed by atoms with Crippen LogP contribution in [-0.4, -0.2) is 61.2 Å². The summed E-state index contributed by atoms with van der Waals surface area (Å²) in [5, 5.41) is 0. The zero-order valence-corrected chi connectivity index (χ0v) is 18.3. The number of benzene rings is 2. The second kappa shape index (κ2) is 9.21. The van der Waals surface area contributed by atoms with Crippen LogP contribution in [0.15, 0.2) is 48.5 Å². The Balaban J connectivity index is 1.49. The Kier molecular flexibility index (Phi) is 6.20. The van der Waals surface area contributed by atoms with Gasteiger partial charge in [0.2, 0.25) is 0 Å². The first-order chi connectivity index (χ1) is 15.5. The number of rotatable bonds is 5. The molecule has 0 spiro atoms. The lowest BCUT2D eigenvalue weighted by Gasteiger charge is -2.35. The van der Waals surface area contributed by atoms with E-state index in [9.17, 15) is 9.18 Å². The standard InChI is InChI=1S/C24H25FN4O3/c1-16-11-22(27-23(26-16)17-5-4-6-19(25)12-17)28-7-9-29(10-8-28)24(30)18-13-20(31-2)15-21(14-18)32-3/h4-6,11-15H,7-10H2,1-3H3. The van der Waals surface area contributed by atoms with Crippen LogP contribution in [-0.2, 0) is 0 Å². The molecule has 2 aromatic carbocycles. The van der Waals surface area contributed by atoms with Crippen molar-refractivity contribution in [2.24, 2.45) is 0 Å². The molecule has 4 rings (SSSR count). The molecule has 0 radical (unpaired) electrons. The van der Waals surface area contributed by atoms with Gasteiger partial charge in [0.05, 0.1) is 14.2 Å². The molecule has 32 heavy (non-hydrogen) atoms. The van der Waals surface area contributed by atoms with E-state index in [1.165, 1.54) is 12.1 Å². The number of nitrogens with zero attached hydrogens (tertiary/aromatic N) is 4. The van der Waals surface area contributed by atoms with Crippen LogP contribution < -0.4 is 14.4 Å². The van der Waals surface area contributed by atoms with Crippen molar-refractivity contribution in [1.82, 2.24) is 14.9 Å². The van der Waals surface area contributed by atoms with Gasteiger partial charge < -0.3 is 19.3 Å². The summed E-state index contributed by atoms with van der Waals surface area (Å²) in [6, 6.07) is 13.3. The number of methoxy groups -OCH3 is 2. The number of piperazine rings is 1. The van der Waals surface area contributed by atoms with Crippen LogP contribution in [0, 0.1) is 12.7 Å². The molecule has 0 saturated carbocycles. The number of carbonyl (C=O) groups is 1. The molecule has 1 aliphatic heterocycles. The fourth-order valence-electron chi connectivity index (χ4n) is 3.72. The molecule has 7 nitrogen and oxygen atoms in total. The highest BCUT2D eigenvalue weighted by molar-refractivity contribution is 5.95. The van der Waals surface area contributed by atoms with E-state index in [1.807, 2.05) is 17.9 Å². The molecule has 1 aromatic heterocycles. The molecule has 1 amide bonds. The molecular formula is C24H25FN4O3. The van der Waals surface area contributed by atoms with Gasteiger partial charge in [0.15, 0.2) is 5.82 Å².